The van der Waals surface area contributed by atoms with Gasteiger partial charge in [-0.25, -0.2) is 14.6 Å². The molecule has 0 aliphatic carbocycles. The van der Waals surface area contributed by atoms with Crippen LogP contribution in [0.25, 0.3) is 0 Å². The van der Waals surface area contributed by atoms with Crippen LogP contribution in [0, 0.1) is 0 Å². The molecule has 82 valence electrons. The minimum Gasteiger partial charge on any atom is -0.273 e. The molecule has 16 heavy (non-hydrogen) atoms. The molecule has 0 aromatic carbocycles. The molecule has 0 bridgehead atoms. The number of hydrogen-bond acceptors (Lipinski definition) is 5. The summed E-state index contributed by atoms with van der Waals surface area (Å²) in [6, 6.07) is 0. The second-order valence-corrected chi connectivity index (χ2v) is 3.15. The number of aryl methyl sites for hydroxylation is 1. The maximum absolute atomic E-state index is 11.5. The first kappa shape index (κ1) is 10.2. The van der Waals surface area contributed by atoms with Gasteiger partial charge in [-0.15, -0.1) is 10.2 Å². The zero-order valence-electron chi connectivity index (χ0n) is 8.45. The molecule has 7 nitrogen and oxygen atoms in total. The van der Waals surface area contributed by atoms with E-state index in [1.54, 1.807) is 12.4 Å². The molecule has 2 aromatic rings. The van der Waals surface area contributed by atoms with Crippen molar-refractivity contribution in [3.63, 3.8) is 0 Å². The minimum atomic E-state index is -0.108. The normalized spacial score (nSPS) is 10.0. The highest BCUT2D eigenvalue weighted by Gasteiger charge is 2.02. The second kappa shape index (κ2) is 4.96. The van der Waals surface area contributed by atoms with E-state index in [1.807, 2.05) is 0 Å². The van der Waals surface area contributed by atoms with Crippen molar-refractivity contribution >= 4 is 5.91 Å². The quantitative estimate of drug-likeness (QED) is 0.766. The Hall–Kier alpha value is -2.31. The van der Waals surface area contributed by atoms with Gasteiger partial charge in [0.05, 0.1) is 0 Å². The van der Waals surface area contributed by atoms with Gasteiger partial charge in [-0.3, -0.25) is 10.2 Å². The third-order valence-corrected chi connectivity index (χ3v) is 1.93. The molecule has 2 aromatic heterocycles. The van der Waals surface area contributed by atoms with E-state index in [0.29, 0.717) is 12.8 Å². The summed E-state index contributed by atoms with van der Waals surface area (Å²) < 4.78 is 1.41. The molecule has 0 spiro atoms. The van der Waals surface area contributed by atoms with Gasteiger partial charge < -0.3 is 0 Å². The Kier molecular flexibility index (Phi) is 3.17. The number of carbonyl (C=O) groups excluding carboxylic acids is 1. The van der Waals surface area contributed by atoms with Gasteiger partial charge in [0.1, 0.15) is 19.0 Å². The lowest BCUT2D eigenvalue weighted by Gasteiger charge is -2.03. The minimum absolute atomic E-state index is 0.108. The van der Waals surface area contributed by atoms with Crippen molar-refractivity contribution in [3.05, 3.63) is 36.9 Å². The molecule has 0 saturated heterocycles. The average Bonchev–Trinajstić information content (AvgIpc) is 2.81. The SMILES string of the molecule is O=C(CCc1cncnc1)Nn1cnnc1. The van der Waals surface area contributed by atoms with Gasteiger partial charge >= 0.3 is 0 Å². The Bertz CT molecular complexity index is 440. The van der Waals surface area contributed by atoms with Crippen LogP contribution in [0.3, 0.4) is 0 Å². The summed E-state index contributed by atoms with van der Waals surface area (Å²) in [7, 11) is 0. The van der Waals surface area contributed by atoms with Crippen molar-refractivity contribution in [2.75, 3.05) is 5.43 Å². The fourth-order valence-electron chi connectivity index (χ4n) is 1.18. The molecule has 0 aliphatic rings. The first-order valence-electron chi connectivity index (χ1n) is 4.73. The number of nitrogens with zero attached hydrogens (tertiary/aromatic N) is 5. The van der Waals surface area contributed by atoms with Gasteiger partial charge in [-0.2, -0.15) is 0 Å². The average molecular weight is 218 g/mol. The van der Waals surface area contributed by atoms with E-state index in [1.165, 1.54) is 23.7 Å². The molecular formula is C9H10N6O. The van der Waals surface area contributed by atoms with Gasteiger partial charge in [-0.1, -0.05) is 0 Å². The van der Waals surface area contributed by atoms with E-state index in [0.717, 1.165) is 5.56 Å². The van der Waals surface area contributed by atoms with Gasteiger partial charge in [0, 0.05) is 18.8 Å². The molecule has 1 amide bonds. The molecule has 0 aliphatic heterocycles. The molecule has 0 radical (unpaired) electrons. The zero-order valence-corrected chi connectivity index (χ0v) is 8.45. The zero-order chi connectivity index (χ0) is 11.2. The highest BCUT2D eigenvalue weighted by Crippen LogP contribution is 1.98. The van der Waals surface area contributed by atoms with E-state index in [4.69, 9.17) is 0 Å². The fourth-order valence-corrected chi connectivity index (χ4v) is 1.18. The highest BCUT2D eigenvalue weighted by molar-refractivity contribution is 5.83. The Morgan fingerprint density at radius 1 is 1.25 bits per heavy atom. The van der Waals surface area contributed by atoms with Crippen molar-refractivity contribution in [1.29, 1.82) is 0 Å². The van der Waals surface area contributed by atoms with Crippen LogP contribution in [0.4, 0.5) is 0 Å². The predicted molar refractivity (Wildman–Crippen MR) is 54.7 cm³/mol. The van der Waals surface area contributed by atoms with Crippen LogP contribution < -0.4 is 5.43 Å². The van der Waals surface area contributed by atoms with Crippen LogP contribution in [-0.2, 0) is 11.2 Å². The molecule has 2 rings (SSSR count). The summed E-state index contributed by atoms with van der Waals surface area (Å²) in [5, 5.41) is 7.14. The predicted octanol–water partition coefficient (Wildman–Crippen LogP) is -0.229. The summed E-state index contributed by atoms with van der Waals surface area (Å²) in [4.78, 5) is 19.2. The number of amides is 1. The smallest absolute Gasteiger partial charge is 0.239 e. The third-order valence-electron chi connectivity index (χ3n) is 1.93. The lowest BCUT2D eigenvalue weighted by atomic mass is 10.2. The van der Waals surface area contributed by atoms with Crippen molar-refractivity contribution in [2.24, 2.45) is 0 Å². The summed E-state index contributed by atoms with van der Waals surface area (Å²) in [6.45, 7) is 0. The summed E-state index contributed by atoms with van der Waals surface area (Å²) in [5.74, 6) is -0.108. The first-order valence-corrected chi connectivity index (χ1v) is 4.73. The summed E-state index contributed by atoms with van der Waals surface area (Å²) in [6.07, 6.45) is 8.66. The van der Waals surface area contributed by atoms with Crippen LogP contribution in [0.5, 0.6) is 0 Å². The van der Waals surface area contributed by atoms with Crippen LogP contribution >= 0.6 is 0 Å². The van der Waals surface area contributed by atoms with E-state index in [-0.39, 0.29) is 5.91 Å². The summed E-state index contributed by atoms with van der Waals surface area (Å²) in [5.41, 5.74) is 3.54. The first-order chi connectivity index (χ1) is 7.84. The molecular weight excluding hydrogens is 208 g/mol. The van der Waals surface area contributed by atoms with Crippen molar-refractivity contribution < 1.29 is 4.79 Å². The van der Waals surface area contributed by atoms with Gasteiger partial charge in [-0.05, 0) is 12.0 Å². The Morgan fingerprint density at radius 3 is 2.62 bits per heavy atom. The Labute approximate surface area is 91.5 Å². The molecule has 1 N–H and O–H groups in total. The van der Waals surface area contributed by atoms with Crippen LogP contribution in [0.1, 0.15) is 12.0 Å². The van der Waals surface area contributed by atoms with Gasteiger partial charge in [0.25, 0.3) is 0 Å². The van der Waals surface area contributed by atoms with E-state index < -0.39 is 0 Å². The topological polar surface area (TPSA) is 85.6 Å². The Morgan fingerprint density at radius 2 is 1.94 bits per heavy atom. The molecule has 2 heterocycles. The van der Waals surface area contributed by atoms with Crippen LogP contribution in [-0.4, -0.2) is 30.7 Å². The number of rotatable bonds is 4. The van der Waals surface area contributed by atoms with Crippen molar-refractivity contribution in [3.8, 4) is 0 Å². The van der Waals surface area contributed by atoms with E-state index in [2.05, 4.69) is 25.6 Å². The lowest BCUT2D eigenvalue weighted by molar-refractivity contribution is -0.117. The van der Waals surface area contributed by atoms with Crippen LogP contribution in [0.15, 0.2) is 31.4 Å². The molecule has 0 fully saturated rings. The van der Waals surface area contributed by atoms with Crippen molar-refractivity contribution in [2.45, 2.75) is 12.8 Å². The highest BCUT2D eigenvalue weighted by atomic mass is 16.2. The maximum atomic E-state index is 11.5. The molecule has 0 saturated carbocycles. The Balaban J connectivity index is 1.80. The second-order valence-electron chi connectivity index (χ2n) is 3.15. The fraction of sp³-hybridized carbons (Fsp3) is 0.222. The molecule has 7 heteroatoms. The largest absolute Gasteiger partial charge is 0.273 e. The lowest BCUT2D eigenvalue weighted by Crippen LogP contribution is -2.21. The number of carbonyl (C=O) groups is 1. The monoisotopic (exact) mass is 218 g/mol. The van der Waals surface area contributed by atoms with Gasteiger partial charge in [0.15, 0.2) is 0 Å². The van der Waals surface area contributed by atoms with E-state index >= 15 is 0 Å². The van der Waals surface area contributed by atoms with E-state index in [9.17, 15) is 4.79 Å². The standard InChI is InChI=1S/C9H10N6O/c16-9(14-15-6-12-13-7-15)2-1-8-3-10-5-11-4-8/h3-7H,1-2H2,(H,14,16). The maximum Gasteiger partial charge on any atom is 0.239 e. The number of hydrogen-bond donors (Lipinski definition) is 1. The number of aromatic nitrogens is 5. The molecule has 0 atom stereocenters. The van der Waals surface area contributed by atoms with Crippen molar-refractivity contribution in [1.82, 2.24) is 24.8 Å². The summed E-state index contributed by atoms with van der Waals surface area (Å²) >= 11 is 0. The van der Waals surface area contributed by atoms with Crippen LogP contribution in [0.2, 0.25) is 0 Å². The van der Waals surface area contributed by atoms with Gasteiger partial charge in [0.2, 0.25) is 5.91 Å². The third kappa shape index (κ3) is 2.84. The molecule has 0 unspecified atom stereocenters. The number of nitrogens with one attached hydrogen (secondary N) is 1.